The highest BCUT2D eigenvalue weighted by molar-refractivity contribution is 9.10. The van der Waals surface area contributed by atoms with Crippen molar-refractivity contribution in [1.29, 1.82) is 0 Å². The first kappa shape index (κ1) is 23.7. The molecular weight excluding hydrogens is 448 g/mol. The molecule has 2 aromatic rings. The zero-order valence-electron chi connectivity index (χ0n) is 18.1. The Morgan fingerprint density at radius 1 is 1.07 bits per heavy atom. The van der Waals surface area contributed by atoms with Crippen molar-refractivity contribution in [3.8, 4) is 17.2 Å². The van der Waals surface area contributed by atoms with Crippen LogP contribution in [-0.2, 0) is 10.2 Å². The van der Waals surface area contributed by atoms with Crippen LogP contribution in [0.5, 0.6) is 17.2 Å². The van der Waals surface area contributed by atoms with Crippen LogP contribution >= 0.6 is 15.9 Å². The van der Waals surface area contributed by atoms with Gasteiger partial charge in [0.25, 0.3) is 0 Å². The average Bonchev–Trinajstić information content (AvgIpc) is 2.71. The molecule has 6 nitrogen and oxygen atoms in total. The maximum atomic E-state index is 12.0. The van der Waals surface area contributed by atoms with Gasteiger partial charge in [-0.15, -0.1) is 0 Å². The summed E-state index contributed by atoms with van der Waals surface area (Å²) in [5, 5.41) is 3.99. The molecule has 2 aromatic carbocycles. The maximum Gasteiger partial charge on any atom is 0.240 e. The summed E-state index contributed by atoms with van der Waals surface area (Å²) < 4.78 is 17.1. The van der Waals surface area contributed by atoms with E-state index in [1.54, 1.807) is 32.6 Å². The molecule has 7 heteroatoms. The Labute approximate surface area is 186 Å². The summed E-state index contributed by atoms with van der Waals surface area (Å²) in [7, 11) is 3.15. The van der Waals surface area contributed by atoms with Crippen molar-refractivity contribution in [1.82, 2.24) is 5.43 Å². The van der Waals surface area contributed by atoms with Crippen LogP contribution in [0.25, 0.3) is 0 Å². The molecule has 0 aromatic heterocycles. The Morgan fingerprint density at radius 3 is 2.40 bits per heavy atom. The van der Waals surface area contributed by atoms with Crippen molar-refractivity contribution in [3.63, 3.8) is 0 Å². The van der Waals surface area contributed by atoms with E-state index in [2.05, 4.69) is 59.4 Å². The van der Waals surface area contributed by atoms with Crippen LogP contribution < -0.4 is 19.6 Å². The van der Waals surface area contributed by atoms with Gasteiger partial charge in [-0.05, 0) is 69.2 Å². The number of ether oxygens (including phenoxy) is 3. The van der Waals surface area contributed by atoms with Crippen molar-refractivity contribution in [2.24, 2.45) is 5.10 Å². The standard InChI is InChI=1S/C23H29BrN2O4/c1-23(2,3)17-9-11-19(18(24)14-17)30-12-6-7-22(27)26-25-15-16-8-10-20(28-4)21(13-16)29-5/h8-11,13-15H,6-7,12H2,1-5H3,(H,26,27)/b25-15+. The Balaban J connectivity index is 1.76. The molecule has 0 aliphatic rings. The van der Waals surface area contributed by atoms with Gasteiger partial charge in [-0.2, -0.15) is 5.10 Å². The molecule has 0 bridgehead atoms. The Morgan fingerprint density at radius 2 is 1.77 bits per heavy atom. The van der Waals surface area contributed by atoms with Crippen molar-refractivity contribution < 1.29 is 19.0 Å². The van der Waals surface area contributed by atoms with Gasteiger partial charge in [0.1, 0.15) is 5.75 Å². The third-order valence-corrected chi connectivity index (χ3v) is 5.03. The first-order valence-corrected chi connectivity index (χ1v) is 10.5. The number of methoxy groups -OCH3 is 2. The van der Waals surface area contributed by atoms with Gasteiger partial charge in [-0.3, -0.25) is 4.79 Å². The van der Waals surface area contributed by atoms with E-state index in [-0.39, 0.29) is 11.3 Å². The fraction of sp³-hybridized carbons (Fsp3) is 0.391. The molecule has 2 rings (SSSR count). The number of nitrogens with zero attached hydrogens (tertiary/aromatic N) is 1. The fourth-order valence-corrected chi connectivity index (χ4v) is 3.16. The Hall–Kier alpha value is -2.54. The molecule has 0 aliphatic heterocycles. The highest BCUT2D eigenvalue weighted by Crippen LogP contribution is 2.31. The normalized spacial score (nSPS) is 11.4. The number of hydrogen-bond acceptors (Lipinski definition) is 5. The van der Waals surface area contributed by atoms with Gasteiger partial charge >= 0.3 is 0 Å². The molecule has 1 N–H and O–H groups in total. The number of hydrogen-bond donors (Lipinski definition) is 1. The SMILES string of the molecule is COc1ccc(/C=N/NC(=O)CCCOc2ccc(C(C)(C)C)cc2Br)cc1OC. The Bertz CT molecular complexity index is 891. The average molecular weight is 477 g/mol. The lowest BCUT2D eigenvalue weighted by molar-refractivity contribution is -0.121. The highest BCUT2D eigenvalue weighted by atomic mass is 79.9. The molecule has 0 unspecified atom stereocenters. The van der Waals surface area contributed by atoms with E-state index >= 15 is 0 Å². The van der Waals surface area contributed by atoms with Gasteiger partial charge in [0.15, 0.2) is 11.5 Å². The van der Waals surface area contributed by atoms with E-state index in [0.29, 0.717) is 30.9 Å². The third kappa shape index (κ3) is 7.06. The van der Waals surface area contributed by atoms with Gasteiger partial charge < -0.3 is 14.2 Å². The van der Waals surface area contributed by atoms with Gasteiger partial charge in [0.2, 0.25) is 5.91 Å². The lowest BCUT2D eigenvalue weighted by Crippen LogP contribution is -2.18. The number of benzene rings is 2. The van der Waals surface area contributed by atoms with E-state index in [1.807, 2.05) is 12.1 Å². The molecule has 0 saturated heterocycles. The first-order valence-electron chi connectivity index (χ1n) is 9.71. The summed E-state index contributed by atoms with van der Waals surface area (Å²) in [5.74, 6) is 1.84. The highest BCUT2D eigenvalue weighted by Gasteiger charge is 2.15. The minimum Gasteiger partial charge on any atom is -0.493 e. The van der Waals surface area contributed by atoms with E-state index in [4.69, 9.17) is 14.2 Å². The number of hydrazone groups is 1. The van der Waals surface area contributed by atoms with Gasteiger partial charge in [-0.25, -0.2) is 5.43 Å². The number of carbonyl (C=O) groups is 1. The van der Waals surface area contributed by atoms with Crippen LogP contribution in [0.15, 0.2) is 46.0 Å². The summed E-state index contributed by atoms with van der Waals surface area (Å²) in [4.78, 5) is 12.0. The molecular formula is C23H29BrN2O4. The van der Waals surface area contributed by atoms with Crippen LogP contribution in [-0.4, -0.2) is 32.9 Å². The molecule has 0 radical (unpaired) electrons. The minimum absolute atomic E-state index is 0.0800. The molecule has 162 valence electrons. The van der Waals surface area contributed by atoms with Gasteiger partial charge in [0, 0.05) is 6.42 Å². The third-order valence-electron chi connectivity index (χ3n) is 4.41. The molecule has 1 amide bonds. The van der Waals surface area contributed by atoms with Crippen molar-refractivity contribution in [2.75, 3.05) is 20.8 Å². The second kappa shape index (κ2) is 11.0. The number of halogens is 1. The molecule has 0 aliphatic carbocycles. The molecule has 0 spiro atoms. The molecule has 0 saturated carbocycles. The molecule has 30 heavy (non-hydrogen) atoms. The van der Waals surface area contributed by atoms with Crippen LogP contribution in [0.2, 0.25) is 0 Å². The zero-order chi connectivity index (χ0) is 22.1. The second-order valence-electron chi connectivity index (χ2n) is 7.75. The predicted molar refractivity (Wildman–Crippen MR) is 123 cm³/mol. The topological polar surface area (TPSA) is 69.2 Å². The number of nitrogens with one attached hydrogen (secondary N) is 1. The van der Waals surface area contributed by atoms with Crippen LogP contribution in [0.3, 0.4) is 0 Å². The van der Waals surface area contributed by atoms with Crippen LogP contribution in [0.4, 0.5) is 0 Å². The van der Waals surface area contributed by atoms with E-state index < -0.39 is 0 Å². The number of carbonyl (C=O) groups excluding carboxylic acids is 1. The smallest absolute Gasteiger partial charge is 0.240 e. The summed E-state index contributed by atoms with van der Waals surface area (Å²) in [6.45, 7) is 6.95. The summed E-state index contributed by atoms with van der Waals surface area (Å²) in [6, 6.07) is 11.5. The van der Waals surface area contributed by atoms with Gasteiger partial charge in [0.05, 0.1) is 31.5 Å². The van der Waals surface area contributed by atoms with E-state index in [1.165, 1.54) is 5.56 Å². The number of rotatable bonds is 9. The van der Waals surface area contributed by atoms with Gasteiger partial charge in [-0.1, -0.05) is 26.8 Å². The molecule has 0 heterocycles. The first-order chi connectivity index (χ1) is 14.2. The zero-order valence-corrected chi connectivity index (χ0v) is 19.7. The van der Waals surface area contributed by atoms with Crippen molar-refractivity contribution >= 4 is 28.1 Å². The maximum absolute atomic E-state index is 12.0. The Kier molecular flexibility index (Phi) is 8.72. The lowest BCUT2D eigenvalue weighted by Gasteiger charge is -2.20. The van der Waals surface area contributed by atoms with Crippen LogP contribution in [0.1, 0.15) is 44.7 Å². The monoisotopic (exact) mass is 476 g/mol. The quantitative estimate of drug-likeness (QED) is 0.311. The van der Waals surface area contributed by atoms with Crippen molar-refractivity contribution in [3.05, 3.63) is 52.0 Å². The van der Waals surface area contributed by atoms with Crippen molar-refractivity contribution in [2.45, 2.75) is 39.0 Å². The van der Waals surface area contributed by atoms with E-state index in [9.17, 15) is 4.79 Å². The second-order valence-corrected chi connectivity index (χ2v) is 8.61. The van der Waals surface area contributed by atoms with E-state index in [0.717, 1.165) is 15.8 Å². The van der Waals surface area contributed by atoms with Crippen LogP contribution in [0, 0.1) is 0 Å². The lowest BCUT2D eigenvalue weighted by atomic mass is 9.87. The minimum atomic E-state index is -0.169. The molecule has 0 fully saturated rings. The summed E-state index contributed by atoms with van der Waals surface area (Å²) >= 11 is 3.56. The predicted octanol–water partition coefficient (Wildman–Crippen LogP) is 5.07. The fourth-order valence-electron chi connectivity index (χ4n) is 2.67. The number of amides is 1. The largest absolute Gasteiger partial charge is 0.493 e. The summed E-state index contributed by atoms with van der Waals surface area (Å²) in [6.07, 6.45) is 2.47. The molecule has 0 atom stereocenters. The summed E-state index contributed by atoms with van der Waals surface area (Å²) in [5.41, 5.74) is 4.63.